The van der Waals surface area contributed by atoms with Gasteiger partial charge in [-0.1, -0.05) is 23.8 Å². The molecule has 0 saturated carbocycles. The Morgan fingerprint density at radius 2 is 1.89 bits per heavy atom. The van der Waals surface area contributed by atoms with Gasteiger partial charge in [0, 0.05) is 11.9 Å². The molecule has 27 heavy (non-hydrogen) atoms. The van der Waals surface area contributed by atoms with Gasteiger partial charge in [-0.2, -0.15) is 0 Å². The maximum Gasteiger partial charge on any atom is 0.337 e. The van der Waals surface area contributed by atoms with Crippen LogP contribution in [0.1, 0.15) is 22.8 Å². The molecule has 0 saturated heterocycles. The number of nitrogens with one attached hydrogen (secondary N) is 1. The summed E-state index contributed by atoms with van der Waals surface area (Å²) in [4.78, 5) is 15.9. The van der Waals surface area contributed by atoms with Crippen molar-refractivity contribution < 1.29 is 14.3 Å². The molecule has 0 atom stereocenters. The lowest BCUT2D eigenvalue weighted by atomic mass is 10.1. The molecule has 0 aliphatic rings. The van der Waals surface area contributed by atoms with Gasteiger partial charge in [0.05, 0.1) is 37.2 Å². The number of anilines is 1. The van der Waals surface area contributed by atoms with Gasteiger partial charge in [-0.05, 0) is 48.9 Å². The predicted octanol–water partition coefficient (Wildman–Crippen LogP) is 4.55. The van der Waals surface area contributed by atoms with Crippen molar-refractivity contribution in [3.05, 3.63) is 71.4 Å². The van der Waals surface area contributed by atoms with Crippen molar-refractivity contribution in [3.8, 4) is 5.75 Å². The smallest absolute Gasteiger partial charge is 0.337 e. The fourth-order valence-electron chi connectivity index (χ4n) is 2.74. The normalized spacial score (nSPS) is 11.3. The Bertz CT molecular complexity index is 979. The molecule has 138 valence electrons. The van der Waals surface area contributed by atoms with Crippen LogP contribution < -0.4 is 10.1 Å². The molecule has 3 rings (SSSR count). The molecule has 5 heteroatoms. The molecule has 0 unspecified atom stereocenters. The molecule has 5 nitrogen and oxygen atoms in total. The largest absolute Gasteiger partial charge is 0.497 e. The van der Waals surface area contributed by atoms with E-state index in [1.165, 1.54) is 7.11 Å². The standard InChI is InChI=1S/C22H22N2O3/c1-15(10-16-4-6-17(7-5-16)22(25)27-3)13-23-19-11-18-12-20(26-2)8-9-21(18)24-14-19/h4-12,14,23H,13H2,1-3H3/b15-10+. The zero-order chi connectivity index (χ0) is 19.2. The molecule has 0 spiro atoms. The SMILES string of the molecule is COC(=O)c1ccc(/C=C(\C)CNc2cnc3ccc(OC)cc3c2)cc1. The van der Waals surface area contributed by atoms with Crippen LogP contribution in [0.3, 0.4) is 0 Å². The lowest BCUT2D eigenvalue weighted by Crippen LogP contribution is -2.03. The third-order valence-electron chi connectivity index (χ3n) is 4.20. The van der Waals surface area contributed by atoms with Crippen LogP contribution in [0.2, 0.25) is 0 Å². The third kappa shape index (κ3) is 4.64. The summed E-state index contributed by atoms with van der Waals surface area (Å²) in [6, 6.07) is 15.2. The second-order valence-electron chi connectivity index (χ2n) is 6.24. The molecular weight excluding hydrogens is 340 g/mol. The van der Waals surface area contributed by atoms with Crippen molar-refractivity contribution in [1.82, 2.24) is 4.98 Å². The average Bonchev–Trinajstić information content (AvgIpc) is 2.71. The maximum atomic E-state index is 11.5. The molecule has 1 heterocycles. The van der Waals surface area contributed by atoms with E-state index < -0.39 is 0 Å². The van der Waals surface area contributed by atoms with E-state index in [9.17, 15) is 4.79 Å². The minimum atomic E-state index is -0.329. The number of benzene rings is 2. The Kier molecular flexibility index (Phi) is 5.71. The summed E-state index contributed by atoms with van der Waals surface area (Å²) >= 11 is 0. The van der Waals surface area contributed by atoms with Gasteiger partial charge >= 0.3 is 5.97 Å². The van der Waals surface area contributed by atoms with Crippen LogP contribution in [0.4, 0.5) is 5.69 Å². The zero-order valence-corrected chi connectivity index (χ0v) is 15.7. The number of esters is 1. The van der Waals surface area contributed by atoms with Crippen LogP contribution in [0.25, 0.3) is 17.0 Å². The number of methoxy groups -OCH3 is 2. The molecule has 3 aromatic rings. The Morgan fingerprint density at radius 3 is 2.59 bits per heavy atom. The number of carbonyl (C=O) groups is 1. The summed E-state index contributed by atoms with van der Waals surface area (Å²) in [6.45, 7) is 2.74. The number of hydrogen-bond donors (Lipinski definition) is 1. The van der Waals surface area contributed by atoms with Gasteiger partial charge in [0.1, 0.15) is 5.75 Å². The van der Waals surface area contributed by atoms with E-state index in [4.69, 9.17) is 9.47 Å². The summed E-state index contributed by atoms with van der Waals surface area (Å²) in [5.74, 6) is 0.484. The van der Waals surface area contributed by atoms with Crippen molar-refractivity contribution in [2.75, 3.05) is 26.1 Å². The average molecular weight is 362 g/mol. The van der Waals surface area contributed by atoms with Gasteiger partial charge < -0.3 is 14.8 Å². The molecule has 0 aliphatic heterocycles. The number of carbonyl (C=O) groups excluding carboxylic acids is 1. The highest BCUT2D eigenvalue weighted by Gasteiger charge is 2.04. The summed E-state index contributed by atoms with van der Waals surface area (Å²) in [5, 5.41) is 4.41. The van der Waals surface area contributed by atoms with Crippen LogP contribution in [0, 0.1) is 0 Å². The summed E-state index contributed by atoms with van der Waals surface area (Å²) in [5.41, 5.74) is 4.61. The highest BCUT2D eigenvalue weighted by Crippen LogP contribution is 2.22. The highest BCUT2D eigenvalue weighted by atomic mass is 16.5. The van der Waals surface area contributed by atoms with Gasteiger partial charge in [-0.3, -0.25) is 4.98 Å². The molecular formula is C22H22N2O3. The first-order valence-electron chi connectivity index (χ1n) is 8.62. The first-order chi connectivity index (χ1) is 13.1. The monoisotopic (exact) mass is 362 g/mol. The Labute approximate surface area is 158 Å². The fraction of sp³-hybridized carbons (Fsp3) is 0.182. The molecule has 0 amide bonds. The van der Waals surface area contributed by atoms with Crippen LogP contribution in [0.5, 0.6) is 5.75 Å². The Morgan fingerprint density at radius 1 is 1.11 bits per heavy atom. The molecule has 0 aliphatic carbocycles. The van der Waals surface area contributed by atoms with E-state index >= 15 is 0 Å². The lowest BCUT2D eigenvalue weighted by molar-refractivity contribution is 0.0600. The van der Waals surface area contributed by atoms with Gasteiger partial charge in [0.2, 0.25) is 0 Å². The second kappa shape index (κ2) is 8.36. The van der Waals surface area contributed by atoms with Crippen LogP contribution in [0.15, 0.2) is 60.3 Å². The molecule has 0 bridgehead atoms. The summed E-state index contributed by atoms with van der Waals surface area (Å²) < 4.78 is 9.98. The number of rotatable bonds is 6. The fourth-order valence-corrected chi connectivity index (χ4v) is 2.74. The van der Waals surface area contributed by atoms with Gasteiger partial charge in [0.15, 0.2) is 0 Å². The zero-order valence-electron chi connectivity index (χ0n) is 15.7. The first-order valence-corrected chi connectivity index (χ1v) is 8.62. The maximum absolute atomic E-state index is 11.5. The van der Waals surface area contributed by atoms with Gasteiger partial charge in [0.25, 0.3) is 0 Å². The van der Waals surface area contributed by atoms with Crippen molar-refractivity contribution in [1.29, 1.82) is 0 Å². The molecule has 1 N–H and O–H groups in total. The Balaban J connectivity index is 1.67. The topological polar surface area (TPSA) is 60.5 Å². The van der Waals surface area contributed by atoms with Crippen molar-refractivity contribution in [2.24, 2.45) is 0 Å². The van der Waals surface area contributed by atoms with Crippen molar-refractivity contribution in [3.63, 3.8) is 0 Å². The molecule has 0 fully saturated rings. The van der Waals surface area contributed by atoms with Gasteiger partial charge in [-0.15, -0.1) is 0 Å². The van der Waals surface area contributed by atoms with Crippen molar-refractivity contribution in [2.45, 2.75) is 6.92 Å². The first kappa shape index (κ1) is 18.5. The minimum Gasteiger partial charge on any atom is -0.497 e. The number of hydrogen-bond acceptors (Lipinski definition) is 5. The number of aromatic nitrogens is 1. The van der Waals surface area contributed by atoms with E-state index in [1.54, 1.807) is 19.2 Å². The predicted molar refractivity (Wildman–Crippen MR) is 108 cm³/mol. The number of nitrogens with zero attached hydrogens (tertiary/aromatic N) is 1. The van der Waals surface area contributed by atoms with E-state index in [0.717, 1.165) is 33.5 Å². The van der Waals surface area contributed by atoms with E-state index in [2.05, 4.69) is 29.4 Å². The highest BCUT2D eigenvalue weighted by molar-refractivity contribution is 5.89. The van der Waals surface area contributed by atoms with Crippen LogP contribution in [-0.4, -0.2) is 31.7 Å². The van der Waals surface area contributed by atoms with E-state index in [1.807, 2.05) is 36.5 Å². The quantitative estimate of drug-likeness (QED) is 0.652. The summed E-state index contributed by atoms with van der Waals surface area (Å²) in [7, 11) is 3.03. The lowest BCUT2D eigenvalue weighted by Gasteiger charge is -2.09. The van der Waals surface area contributed by atoms with Crippen LogP contribution >= 0.6 is 0 Å². The number of ether oxygens (including phenoxy) is 2. The number of fused-ring (bicyclic) bond motifs is 1. The molecule has 2 aromatic carbocycles. The van der Waals surface area contributed by atoms with Gasteiger partial charge in [-0.25, -0.2) is 4.79 Å². The van der Waals surface area contributed by atoms with Crippen molar-refractivity contribution >= 4 is 28.6 Å². The van der Waals surface area contributed by atoms with E-state index in [-0.39, 0.29) is 5.97 Å². The Hall–Kier alpha value is -3.34. The molecule has 0 radical (unpaired) electrons. The second-order valence-corrected chi connectivity index (χ2v) is 6.24. The summed E-state index contributed by atoms with van der Waals surface area (Å²) in [6.07, 6.45) is 3.90. The van der Waals surface area contributed by atoms with E-state index in [0.29, 0.717) is 12.1 Å². The minimum absolute atomic E-state index is 0.329. The number of pyridine rings is 1. The molecule has 1 aromatic heterocycles. The van der Waals surface area contributed by atoms with Crippen LogP contribution in [-0.2, 0) is 4.74 Å². The third-order valence-corrected chi connectivity index (χ3v) is 4.20.